The van der Waals surface area contributed by atoms with Crippen molar-refractivity contribution in [1.82, 2.24) is 20.3 Å². The van der Waals surface area contributed by atoms with Crippen LogP contribution >= 0.6 is 0 Å². The number of carboxylic acids is 1. The summed E-state index contributed by atoms with van der Waals surface area (Å²) in [6.45, 7) is 0.0557. The Labute approximate surface area is 112 Å². The van der Waals surface area contributed by atoms with Crippen LogP contribution in [-0.2, 0) is 16.0 Å². The molecule has 6 N–H and O–H groups in total. The summed E-state index contributed by atoms with van der Waals surface area (Å²) in [7, 11) is 0. The number of H-pyrrole nitrogens is 2. The zero-order valence-corrected chi connectivity index (χ0v) is 10.4. The molecule has 2 aromatic rings. The van der Waals surface area contributed by atoms with E-state index in [2.05, 4.69) is 20.3 Å². The number of hydrogen-bond donors (Lipinski definition) is 5. The predicted octanol–water partition coefficient (Wildman–Crippen LogP) is -1.03. The van der Waals surface area contributed by atoms with Crippen LogP contribution in [0, 0.1) is 0 Å². The van der Waals surface area contributed by atoms with Gasteiger partial charge in [0.05, 0.1) is 18.2 Å². The van der Waals surface area contributed by atoms with E-state index in [-0.39, 0.29) is 36.8 Å². The Morgan fingerprint density at radius 2 is 2.15 bits per heavy atom. The van der Waals surface area contributed by atoms with Gasteiger partial charge in [-0.1, -0.05) is 0 Å². The minimum atomic E-state index is -0.984. The van der Waals surface area contributed by atoms with E-state index in [1.807, 2.05) is 0 Å². The van der Waals surface area contributed by atoms with E-state index in [0.717, 1.165) is 0 Å². The number of amides is 1. The van der Waals surface area contributed by atoms with Gasteiger partial charge in [-0.25, -0.2) is 0 Å². The third kappa shape index (κ3) is 3.13. The third-order valence-electron chi connectivity index (χ3n) is 2.58. The molecule has 0 saturated heterocycles. The van der Waals surface area contributed by atoms with E-state index in [4.69, 9.17) is 10.8 Å². The molecule has 106 valence electrons. The lowest BCUT2D eigenvalue weighted by Gasteiger charge is -2.01. The van der Waals surface area contributed by atoms with Gasteiger partial charge in [0.1, 0.15) is 5.65 Å². The number of carbonyl (C=O) groups excluding carboxylic acids is 1. The average molecular weight is 279 g/mol. The molecule has 9 heteroatoms. The van der Waals surface area contributed by atoms with Gasteiger partial charge in [-0.15, -0.1) is 0 Å². The fourth-order valence-electron chi connectivity index (χ4n) is 1.73. The maximum Gasteiger partial charge on any atom is 0.305 e. The fraction of sp³-hybridized carbons (Fsp3) is 0.273. The SMILES string of the molecule is Nc1nc2[nH]c(CC(=O)NCCC(=O)O)cc2c(=O)[nH]1. The van der Waals surface area contributed by atoms with Crippen molar-refractivity contribution in [3.8, 4) is 0 Å². The first kappa shape index (κ1) is 13.6. The number of nitrogens with zero attached hydrogens (tertiary/aromatic N) is 1. The molecule has 2 rings (SSSR count). The van der Waals surface area contributed by atoms with Crippen LogP contribution < -0.4 is 16.6 Å². The van der Waals surface area contributed by atoms with E-state index < -0.39 is 5.97 Å². The van der Waals surface area contributed by atoms with Gasteiger partial charge in [-0.2, -0.15) is 4.98 Å². The topological polar surface area (TPSA) is 154 Å². The summed E-state index contributed by atoms with van der Waals surface area (Å²) < 4.78 is 0. The number of nitrogen functional groups attached to an aromatic ring is 1. The highest BCUT2D eigenvalue weighted by molar-refractivity contribution is 5.82. The molecule has 0 aliphatic heterocycles. The quantitative estimate of drug-likeness (QED) is 0.471. The minimum absolute atomic E-state index is 0.00464. The Kier molecular flexibility index (Phi) is 3.69. The van der Waals surface area contributed by atoms with Crippen LogP contribution in [0.25, 0.3) is 11.0 Å². The zero-order chi connectivity index (χ0) is 14.7. The molecule has 0 radical (unpaired) electrons. The number of carbonyl (C=O) groups is 2. The summed E-state index contributed by atoms with van der Waals surface area (Å²) in [5.41, 5.74) is 5.82. The molecule has 9 nitrogen and oxygen atoms in total. The van der Waals surface area contributed by atoms with Gasteiger partial charge in [0.2, 0.25) is 11.9 Å². The molecule has 2 heterocycles. The van der Waals surface area contributed by atoms with Crippen LogP contribution in [0.15, 0.2) is 10.9 Å². The summed E-state index contributed by atoms with van der Waals surface area (Å²) in [5, 5.41) is 11.2. The molecule has 20 heavy (non-hydrogen) atoms. The van der Waals surface area contributed by atoms with Gasteiger partial charge < -0.3 is 21.1 Å². The molecular formula is C11H13N5O4. The van der Waals surface area contributed by atoms with Gasteiger partial charge in [0.25, 0.3) is 5.56 Å². The van der Waals surface area contributed by atoms with Crippen molar-refractivity contribution in [3.05, 3.63) is 22.1 Å². The number of nitrogens with one attached hydrogen (secondary N) is 3. The summed E-state index contributed by atoms with van der Waals surface area (Å²) in [5.74, 6) is -1.34. The lowest BCUT2D eigenvalue weighted by molar-refractivity contribution is -0.136. The monoisotopic (exact) mass is 279 g/mol. The maximum atomic E-state index is 11.6. The minimum Gasteiger partial charge on any atom is -0.481 e. The average Bonchev–Trinajstić information content (AvgIpc) is 2.71. The van der Waals surface area contributed by atoms with Crippen molar-refractivity contribution in [2.75, 3.05) is 12.3 Å². The summed E-state index contributed by atoms with van der Waals surface area (Å²) in [6.07, 6.45) is -0.147. The van der Waals surface area contributed by atoms with Crippen molar-refractivity contribution in [2.24, 2.45) is 0 Å². The molecule has 0 atom stereocenters. The summed E-state index contributed by atoms with van der Waals surface area (Å²) in [6, 6.07) is 1.51. The summed E-state index contributed by atoms with van der Waals surface area (Å²) >= 11 is 0. The number of aliphatic carboxylic acids is 1. The van der Waals surface area contributed by atoms with Crippen LogP contribution in [0.4, 0.5) is 5.95 Å². The molecule has 0 aliphatic rings. The Morgan fingerprint density at radius 1 is 1.40 bits per heavy atom. The van der Waals surface area contributed by atoms with Gasteiger partial charge in [-0.3, -0.25) is 19.4 Å². The van der Waals surface area contributed by atoms with Gasteiger partial charge >= 0.3 is 5.97 Å². The molecule has 2 aromatic heterocycles. The molecule has 0 spiro atoms. The number of fused-ring (bicyclic) bond motifs is 1. The van der Waals surface area contributed by atoms with Gasteiger partial charge in [0, 0.05) is 12.2 Å². The van der Waals surface area contributed by atoms with Crippen molar-refractivity contribution >= 4 is 28.9 Å². The highest BCUT2D eigenvalue weighted by Crippen LogP contribution is 2.09. The van der Waals surface area contributed by atoms with Crippen molar-refractivity contribution in [2.45, 2.75) is 12.8 Å². The van der Waals surface area contributed by atoms with E-state index in [0.29, 0.717) is 16.7 Å². The van der Waals surface area contributed by atoms with Crippen LogP contribution in [-0.4, -0.2) is 38.5 Å². The smallest absolute Gasteiger partial charge is 0.305 e. The van der Waals surface area contributed by atoms with Gasteiger partial charge in [-0.05, 0) is 6.07 Å². The van der Waals surface area contributed by atoms with E-state index in [1.165, 1.54) is 6.07 Å². The molecule has 0 saturated carbocycles. The molecule has 0 fully saturated rings. The number of aromatic nitrogens is 3. The first-order valence-electron chi connectivity index (χ1n) is 5.81. The predicted molar refractivity (Wildman–Crippen MR) is 70.1 cm³/mol. The Morgan fingerprint density at radius 3 is 2.85 bits per heavy atom. The first-order chi connectivity index (χ1) is 9.45. The second kappa shape index (κ2) is 5.43. The Balaban J connectivity index is 2.07. The number of hydrogen-bond acceptors (Lipinski definition) is 5. The van der Waals surface area contributed by atoms with Crippen molar-refractivity contribution < 1.29 is 14.7 Å². The standard InChI is InChI=1S/C11H13N5O4/c12-11-15-9-6(10(20)16-11)3-5(14-9)4-7(17)13-2-1-8(18)19/h3H,1-2,4H2,(H,13,17)(H,18,19)(H4,12,14,15,16,20). The van der Waals surface area contributed by atoms with E-state index in [1.54, 1.807) is 0 Å². The van der Waals surface area contributed by atoms with Crippen molar-refractivity contribution in [3.63, 3.8) is 0 Å². The normalized spacial score (nSPS) is 10.6. The highest BCUT2D eigenvalue weighted by atomic mass is 16.4. The maximum absolute atomic E-state index is 11.6. The first-order valence-corrected chi connectivity index (χ1v) is 5.81. The molecule has 1 amide bonds. The van der Waals surface area contributed by atoms with Crippen LogP contribution in [0.2, 0.25) is 0 Å². The van der Waals surface area contributed by atoms with Crippen molar-refractivity contribution in [1.29, 1.82) is 0 Å². The summed E-state index contributed by atoms with van der Waals surface area (Å²) in [4.78, 5) is 42.5. The van der Waals surface area contributed by atoms with E-state index >= 15 is 0 Å². The van der Waals surface area contributed by atoms with Crippen LogP contribution in [0.5, 0.6) is 0 Å². The van der Waals surface area contributed by atoms with Gasteiger partial charge in [0.15, 0.2) is 0 Å². The second-order valence-corrected chi connectivity index (χ2v) is 4.18. The lowest BCUT2D eigenvalue weighted by Crippen LogP contribution is -2.27. The third-order valence-corrected chi connectivity index (χ3v) is 2.58. The number of rotatable bonds is 5. The largest absolute Gasteiger partial charge is 0.481 e. The number of nitrogens with two attached hydrogens (primary N) is 1. The Hall–Kier alpha value is -2.84. The lowest BCUT2D eigenvalue weighted by atomic mass is 10.2. The second-order valence-electron chi connectivity index (χ2n) is 4.18. The number of anilines is 1. The number of aromatic amines is 2. The fourth-order valence-corrected chi connectivity index (χ4v) is 1.73. The number of carboxylic acid groups (broad SMARTS) is 1. The Bertz CT molecular complexity index is 717. The molecular weight excluding hydrogens is 266 g/mol. The molecule has 0 unspecified atom stereocenters. The molecule has 0 bridgehead atoms. The highest BCUT2D eigenvalue weighted by Gasteiger charge is 2.10. The van der Waals surface area contributed by atoms with Crippen LogP contribution in [0.1, 0.15) is 12.1 Å². The molecule has 0 aliphatic carbocycles. The van der Waals surface area contributed by atoms with E-state index in [9.17, 15) is 14.4 Å². The van der Waals surface area contributed by atoms with Crippen LogP contribution in [0.3, 0.4) is 0 Å². The molecule has 0 aromatic carbocycles. The zero-order valence-electron chi connectivity index (χ0n) is 10.4.